The van der Waals surface area contributed by atoms with Crippen LogP contribution < -0.4 is 20.1 Å². The number of nitrogens with one attached hydrogen (secondary N) is 2. The minimum atomic E-state index is -0.269. The Balaban J connectivity index is 1.52. The molecule has 31 heavy (non-hydrogen) atoms. The number of rotatable bonds is 11. The van der Waals surface area contributed by atoms with Crippen LogP contribution >= 0.6 is 23.1 Å². The number of amides is 1. The van der Waals surface area contributed by atoms with Gasteiger partial charge < -0.3 is 20.1 Å². The van der Waals surface area contributed by atoms with E-state index in [9.17, 15) is 9.18 Å². The monoisotopic (exact) mass is 462 g/mol. The second kappa shape index (κ2) is 11.5. The molecule has 2 aromatic carbocycles. The van der Waals surface area contributed by atoms with E-state index in [0.717, 1.165) is 5.56 Å². The topological polar surface area (TPSA) is 85.4 Å². The number of carbonyl (C=O) groups excluding carboxylic acids is 1. The molecule has 2 N–H and O–H groups in total. The highest BCUT2D eigenvalue weighted by molar-refractivity contribution is 8.01. The second-order valence-electron chi connectivity index (χ2n) is 6.21. The Morgan fingerprint density at radius 3 is 2.61 bits per heavy atom. The molecule has 0 saturated carbocycles. The van der Waals surface area contributed by atoms with Crippen molar-refractivity contribution >= 4 is 39.8 Å². The van der Waals surface area contributed by atoms with Gasteiger partial charge in [-0.05, 0) is 43.7 Å². The largest absolute Gasteiger partial charge is 0.494 e. The van der Waals surface area contributed by atoms with E-state index < -0.39 is 0 Å². The first kappa shape index (κ1) is 22.8. The van der Waals surface area contributed by atoms with E-state index in [1.165, 1.54) is 35.2 Å². The molecule has 0 bridgehead atoms. The third-order valence-electron chi connectivity index (χ3n) is 3.93. The zero-order chi connectivity index (χ0) is 22.1. The summed E-state index contributed by atoms with van der Waals surface area (Å²) in [5.74, 6) is 0.976. The highest BCUT2D eigenvalue weighted by Gasteiger charge is 2.12. The van der Waals surface area contributed by atoms with Crippen LogP contribution in [-0.4, -0.2) is 35.1 Å². The maximum Gasteiger partial charge on any atom is 0.234 e. The van der Waals surface area contributed by atoms with Gasteiger partial charge in [-0.25, -0.2) is 4.39 Å². The predicted molar refractivity (Wildman–Crippen MR) is 122 cm³/mol. The van der Waals surface area contributed by atoms with Gasteiger partial charge in [-0.1, -0.05) is 35.2 Å². The molecule has 0 spiro atoms. The van der Waals surface area contributed by atoms with E-state index in [-0.39, 0.29) is 17.5 Å². The molecule has 0 atom stereocenters. The second-order valence-corrected chi connectivity index (χ2v) is 8.41. The van der Waals surface area contributed by atoms with E-state index in [1.54, 1.807) is 30.3 Å². The van der Waals surface area contributed by atoms with Crippen molar-refractivity contribution in [3.05, 3.63) is 53.8 Å². The molecular weight excluding hydrogens is 439 g/mol. The highest BCUT2D eigenvalue weighted by atomic mass is 32.2. The van der Waals surface area contributed by atoms with Gasteiger partial charge in [0.05, 0.1) is 24.7 Å². The van der Waals surface area contributed by atoms with Crippen molar-refractivity contribution in [3.63, 3.8) is 0 Å². The number of hydrogen-bond donors (Lipinski definition) is 2. The SMILES string of the molecule is CCOc1ccc(OCC)c(NC(=O)CSc2nnc(NCc3ccc(F)cc3)s2)c1. The first-order valence-corrected chi connectivity index (χ1v) is 11.5. The number of aromatic nitrogens is 2. The van der Waals surface area contributed by atoms with Crippen molar-refractivity contribution in [2.75, 3.05) is 29.6 Å². The molecule has 1 heterocycles. The molecule has 0 fully saturated rings. The van der Waals surface area contributed by atoms with Crippen LogP contribution in [-0.2, 0) is 11.3 Å². The molecule has 3 aromatic rings. The number of carbonyl (C=O) groups is 1. The minimum absolute atomic E-state index is 0.178. The van der Waals surface area contributed by atoms with Crippen molar-refractivity contribution in [2.45, 2.75) is 24.7 Å². The third-order valence-corrected chi connectivity index (χ3v) is 5.94. The molecule has 3 rings (SSSR count). The van der Waals surface area contributed by atoms with Gasteiger partial charge in [0.15, 0.2) is 4.34 Å². The van der Waals surface area contributed by atoms with Gasteiger partial charge in [0, 0.05) is 12.6 Å². The molecule has 0 unspecified atom stereocenters. The Morgan fingerprint density at radius 2 is 1.87 bits per heavy atom. The molecular formula is C21H23FN4O3S2. The fraction of sp³-hybridized carbons (Fsp3) is 0.286. The molecule has 1 aromatic heterocycles. The quantitative estimate of drug-likeness (QED) is 0.395. The number of ether oxygens (including phenoxy) is 2. The van der Waals surface area contributed by atoms with Crippen molar-refractivity contribution in [1.29, 1.82) is 0 Å². The number of halogens is 1. The van der Waals surface area contributed by atoms with Crippen LogP contribution in [0.15, 0.2) is 46.8 Å². The van der Waals surface area contributed by atoms with Gasteiger partial charge >= 0.3 is 0 Å². The average Bonchev–Trinajstić information content (AvgIpc) is 3.22. The normalized spacial score (nSPS) is 10.5. The number of benzene rings is 2. The van der Waals surface area contributed by atoms with Crippen LogP contribution in [0, 0.1) is 5.82 Å². The lowest BCUT2D eigenvalue weighted by molar-refractivity contribution is -0.113. The lowest BCUT2D eigenvalue weighted by atomic mass is 10.2. The third kappa shape index (κ3) is 7.11. The molecule has 0 saturated heterocycles. The number of thioether (sulfide) groups is 1. The Hall–Kier alpha value is -2.85. The van der Waals surface area contributed by atoms with E-state index in [4.69, 9.17) is 9.47 Å². The van der Waals surface area contributed by atoms with Crippen LogP contribution in [0.1, 0.15) is 19.4 Å². The van der Waals surface area contributed by atoms with Crippen molar-refractivity contribution < 1.29 is 18.7 Å². The summed E-state index contributed by atoms with van der Waals surface area (Å²) in [7, 11) is 0. The number of nitrogens with zero attached hydrogens (tertiary/aromatic N) is 2. The molecule has 164 valence electrons. The maximum absolute atomic E-state index is 13.0. The molecule has 10 heteroatoms. The van der Waals surface area contributed by atoms with Crippen molar-refractivity contribution in [2.24, 2.45) is 0 Å². The Labute approximate surface area is 188 Å². The van der Waals surface area contributed by atoms with Crippen LogP contribution in [0.2, 0.25) is 0 Å². The summed E-state index contributed by atoms with van der Waals surface area (Å²) in [6.45, 7) is 5.32. The summed E-state index contributed by atoms with van der Waals surface area (Å²) in [5, 5.41) is 14.8. The molecule has 0 aliphatic carbocycles. The molecule has 7 nitrogen and oxygen atoms in total. The first-order valence-electron chi connectivity index (χ1n) is 9.71. The van der Waals surface area contributed by atoms with Gasteiger partial charge in [0.1, 0.15) is 17.3 Å². The van der Waals surface area contributed by atoms with Gasteiger partial charge in [0.2, 0.25) is 11.0 Å². The Kier molecular flexibility index (Phi) is 8.48. The minimum Gasteiger partial charge on any atom is -0.494 e. The summed E-state index contributed by atoms with van der Waals surface area (Å²) < 4.78 is 24.7. The standard InChI is InChI=1S/C21H23FN4O3S2/c1-3-28-16-9-10-18(29-4-2)17(11-16)24-19(27)13-30-21-26-25-20(31-21)23-12-14-5-7-15(22)8-6-14/h5-11H,3-4,12-13H2,1-2H3,(H,23,25)(H,24,27). The smallest absolute Gasteiger partial charge is 0.234 e. The van der Waals surface area contributed by atoms with E-state index >= 15 is 0 Å². The summed E-state index contributed by atoms with van der Waals surface area (Å²) in [5.41, 5.74) is 1.50. The zero-order valence-electron chi connectivity index (χ0n) is 17.2. The van der Waals surface area contributed by atoms with Gasteiger partial charge in [0.25, 0.3) is 0 Å². The molecule has 0 aliphatic heterocycles. The molecule has 0 radical (unpaired) electrons. The number of anilines is 2. The first-order chi connectivity index (χ1) is 15.1. The van der Waals surface area contributed by atoms with Crippen LogP contribution in [0.3, 0.4) is 0 Å². The van der Waals surface area contributed by atoms with Gasteiger partial charge in [-0.2, -0.15) is 0 Å². The number of hydrogen-bond acceptors (Lipinski definition) is 8. The zero-order valence-corrected chi connectivity index (χ0v) is 18.8. The van der Waals surface area contributed by atoms with E-state index in [0.29, 0.717) is 46.4 Å². The van der Waals surface area contributed by atoms with Crippen molar-refractivity contribution in [1.82, 2.24) is 10.2 Å². The molecule has 0 aliphatic rings. The summed E-state index contributed by atoms with van der Waals surface area (Å²) in [6, 6.07) is 11.6. The lowest BCUT2D eigenvalue weighted by Gasteiger charge is -2.13. The highest BCUT2D eigenvalue weighted by Crippen LogP contribution is 2.30. The Morgan fingerprint density at radius 1 is 1.10 bits per heavy atom. The molecule has 1 amide bonds. The van der Waals surface area contributed by atoms with E-state index in [2.05, 4.69) is 20.8 Å². The summed E-state index contributed by atoms with van der Waals surface area (Å²) >= 11 is 2.65. The van der Waals surface area contributed by atoms with Crippen LogP contribution in [0.25, 0.3) is 0 Å². The van der Waals surface area contributed by atoms with Gasteiger partial charge in [-0.15, -0.1) is 10.2 Å². The fourth-order valence-corrected chi connectivity index (χ4v) is 4.13. The predicted octanol–water partition coefficient (Wildman–Crippen LogP) is 4.82. The van der Waals surface area contributed by atoms with Crippen LogP contribution in [0.4, 0.5) is 15.2 Å². The van der Waals surface area contributed by atoms with Crippen molar-refractivity contribution in [3.8, 4) is 11.5 Å². The summed E-state index contributed by atoms with van der Waals surface area (Å²) in [6.07, 6.45) is 0. The van der Waals surface area contributed by atoms with Gasteiger partial charge in [-0.3, -0.25) is 4.79 Å². The van der Waals surface area contributed by atoms with Crippen LogP contribution in [0.5, 0.6) is 11.5 Å². The lowest BCUT2D eigenvalue weighted by Crippen LogP contribution is -2.15. The fourth-order valence-electron chi connectivity index (χ4n) is 2.58. The van der Waals surface area contributed by atoms with E-state index in [1.807, 2.05) is 13.8 Å². The summed E-state index contributed by atoms with van der Waals surface area (Å²) in [4.78, 5) is 12.4. The maximum atomic E-state index is 13.0. The average molecular weight is 463 g/mol. The Bertz CT molecular complexity index is 999.